The van der Waals surface area contributed by atoms with Crippen molar-refractivity contribution in [3.63, 3.8) is 0 Å². The maximum absolute atomic E-state index is 13.5. The normalized spacial score (nSPS) is 36.7. The van der Waals surface area contributed by atoms with Crippen LogP contribution in [0, 0.1) is 0 Å². The second-order valence-corrected chi connectivity index (χ2v) is 17.5. The van der Waals surface area contributed by atoms with Crippen molar-refractivity contribution in [1.29, 1.82) is 0 Å². The minimum absolute atomic E-state index is 0.0355. The van der Waals surface area contributed by atoms with Crippen LogP contribution in [0.5, 0.6) is 0 Å². The number of fused-ring (bicyclic) bond motifs is 4. The summed E-state index contributed by atoms with van der Waals surface area (Å²) in [6, 6.07) is 2.93. The summed E-state index contributed by atoms with van der Waals surface area (Å²) in [5, 5.41) is 22.9. The van der Waals surface area contributed by atoms with Gasteiger partial charge in [0.25, 0.3) is 5.56 Å². The van der Waals surface area contributed by atoms with Gasteiger partial charge in [-0.05, 0) is 23.7 Å². The lowest BCUT2D eigenvalue weighted by Crippen LogP contribution is -2.38. The lowest BCUT2D eigenvalue weighted by atomic mass is 10.1. The van der Waals surface area contributed by atoms with Crippen LogP contribution < -0.4 is 11.3 Å². The highest BCUT2D eigenvalue weighted by Gasteiger charge is 2.53. The van der Waals surface area contributed by atoms with Crippen LogP contribution in [-0.2, 0) is 36.7 Å². The van der Waals surface area contributed by atoms with E-state index in [2.05, 4.69) is 44.4 Å². The summed E-state index contributed by atoms with van der Waals surface area (Å²) in [5.74, 6) is -0.224. The molecule has 47 heavy (non-hydrogen) atoms. The predicted molar refractivity (Wildman–Crippen MR) is 172 cm³/mol. The number of H-pyrrole nitrogens is 1. The first kappa shape index (κ1) is 34.0. The number of nitrogens with one attached hydrogen (secondary N) is 1. The van der Waals surface area contributed by atoms with Gasteiger partial charge in [0, 0.05) is 0 Å². The number of thiol groups is 2. The Morgan fingerprint density at radius 2 is 1.51 bits per heavy atom. The van der Waals surface area contributed by atoms with Crippen LogP contribution in [0.15, 0.2) is 23.3 Å². The summed E-state index contributed by atoms with van der Waals surface area (Å²) in [7, 11) is 0. The molecular formula is C22H22Cl3N7O11P2S2. The van der Waals surface area contributed by atoms with Gasteiger partial charge >= 0.3 is 13.6 Å². The Balaban J connectivity index is 1.18. The molecule has 3 aromatic heterocycles. The molecule has 254 valence electrons. The predicted octanol–water partition coefficient (Wildman–Crippen LogP) is 3.12. The van der Waals surface area contributed by atoms with Crippen molar-refractivity contribution in [3.05, 3.63) is 44.1 Å². The number of ether oxygens (including phenoxy) is 2. The summed E-state index contributed by atoms with van der Waals surface area (Å²) in [5.41, 5.74) is 5.57. The fourth-order valence-corrected chi connectivity index (χ4v) is 9.12. The molecule has 0 saturated carbocycles. The van der Waals surface area contributed by atoms with Gasteiger partial charge in [-0.15, -0.1) is 0 Å². The summed E-state index contributed by atoms with van der Waals surface area (Å²) in [6.07, 6.45) is -10.2. The van der Waals surface area contributed by atoms with Gasteiger partial charge in [0.2, 0.25) is 11.2 Å². The average molecular weight is 793 g/mol. The van der Waals surface area contributed by atoms with Crippen molar-refractivity contribution in [2.24, 2.45) is 0 Å². The summed E-state index contributed by atoms with van der Waals surface area (Å²) >= 11 is 26.9. The molecule has 4 aromatic rings. The van der Waals surface area contributed by atoms with Crippen LogP contribution in [0.25, 0.3) is 22.2 Å². The number of halogens is 3. The maximum atomic E-state index is 13.5. The largest absolute Gasteiger partial charge is 0.386 e. The molecule has 3 aliphatic rings. The molecule has 7 rings (SSSR count). The Morgan fingerprint density at radius 3 is 2.15 bits per heavy atom. The number of nitrogens with zero attached hydrogens (tertiary/aromatic N) is 5. The van der Waals surface area contributed by atoms with E-state index in [1.165, 1.54) is 27.6 Å². The number of aromatic nitrogens is 6. The maximum Gasteiger partial charge on any atom is 0.386 e. The van der Waals surface area contributed by atoms with Gasteiger partial charge in [-0.25, -0.2) is 19.1 Å². The third kappa shape index (κ3) is 6.26. The highest BCUT2D eigenvalue weighted by atomic mass is 35.5. The van der Waals surface area contributed by atoms with E-state index in [9.17, 15) is 24.1 Å². The van der Waals surface area contributed by atoms with Gasteiger partial charge < -0.3 is 25.4 Å². The van der Waals surface area contributed by atoms with Crippen molar-refractivity contribution in [3.8, 4) is 0 Å². The monoisotopic (exact) mass is 791 g/mol. The van der Waals surface area contributed by atoms with E-state index in [1.807, 2.05) is 0 Å². The number of aliphatic hydroxyl groups is 2. The number of aromatic amines is 1. The fraction of sp³-hybridized carbons (Fsp3) is 0.455. The van der Waals surface area contributed by atoms with E-state index < -0.39 is 81.4 Å². The molecule has 0 spiro atoms. The highest BCUT2D eigenvalue weighted by molar-refractivity contribution is 8.44. The van der Waals surface area contributed by atoms with Crippen LogP contribution in [0.4, 0.5) is 5.95 Å². The van der Waals surface area contributed by atoms with E-state index in [0.717, 1.165) is 0 Å². The average Bonchev–Trinajstić information content (AvgIpc) is 3.70. The van der Waals surface area contributed by atoms with Crippen LogP contribution in [-0.4, -0.2) is 89.1 Å². The van der Waals surface area contributed by atoms with Crippen molar-refractivity contribution in [2.75, 3.05) is 18.9 Å². The standard InChI is InChI=1S/C22H22Cl3N7O11P2S2/c23-6-1-8-9(2-7(6)24)32(21(25)28-8)20-14(34)16-11(41-20)4-39-44(36,46)42-15-10(3-38-45(37,47)43-16)40-19(13(15)33)31-5-27-12-17(31)29-22(26)30-18(12)35/h1-2,5,10-11,13-16,19-20,33-34H,3-4H2,(H,36,46)(H,37,47)(H3,26,29,30,35)/t10-,11-,13?,14?,15?,16?,19-,20-,44?,45?/m1/s1. The minimum atomic E-state index is -4.35. The van der Waals surface area contributed by atoms with E-state index in [4.69, 9.17) is 68.1 Å². The molecule has 6 heterocycles. The van der Waals surface area contributed by atoms with Gasteiger partial charge in [-0.2, -0.15) is 4.98 Å². The molecule has 0 radical (unpaired) electrons. The van der Waals surface area contributed by atoms with Crippen molar-refractivity contribution in [2.45, 2.75) is 49.1 Å². The molecule has 3 fully saturated rings. The third-order valence-corrected chi connectivity index (χ3v) is 11.8. The Hall–Kier alpha value is -1.45. The Kier molecular flexibility index (Phi) is 8.97. The number of rotatable bonds is 2. The molecule has 0 bridgehead atoms. The van der Waals surface area contributed by atoms with Crippen molar-refractivity contribution >= 4 is 101 Å². The molecule has 3 saturated heterocycles. The number of anilines is 1. The molecule has 10 atom stereocenters. The van der Waals surface area contributed by atoms with Crippen LogP contribution in [0.1, 0.15) is 12.5 Å². The van der Waals surface area contributed by atoms with Gasteiger partial charge in [0.1, 0.15) is 36.6 Å². The number of nitrogen functional groups attached to an aromatic ring is 1. The lowest BCUT2D eigenvalue weighted by Gasteiger charge is -2.28. The first-order chi connectivity index (χ1) is 22.1. The zero-order chi connectivity index (χ0) is 33.6. The Morgan fingerprint density at radius 1 is 0.936 bits per heavy atom. The van der Waals surface area contributed by atoms with Gasteiger partial charge in [0.05, 0.1) is 40.6 Å². The number of nitrogens with two attached hydrogens (primary N) is 1. The highest BCUT2D eigenvalue weighted by Crippen LogP contribution is 2.60. The third-order valence-electron chi connectivity index (χ3n) is 7.60. The molecule has 25 heteroatoms. The quantitative estimate of drug-likeness (QED) is 0.126. The topological polar surface area (TPSA) is 237 Å². The molecule has 3 aliphatic heterocycles. The number of benzene rings is 1. The Labute approximate surface area is 288 Å². The second kappa shape index (κ2) is 12.4. The lowest BCUT2D eigenvalue weighted by molar-refractivity contribution is -0.0560. The molecule has 0 amide bonds. The zero-order valence-corrected chi connectivity index (χ0v) is 28.9. The molecule has 1 aromatic carbocycles. The first-order valence-corrected chi connectivity index (χ1v) is 19.9. The molecule has 6 unspecified atom stereocenters. The second-order valence-electron chi connectivity index (χ2n) is 10.6. The number of aliphatic hydroxyl groups excluding tert-OH is 2. The van der Waals surface area contributed by atoms with Crippen LogP contribution in [0.2, 0.25) is 15.3 Å². The zero-order valence-electron chi connectivity index (χ0n) is 23.1. The van der Waals surface area contributed by atoms with Gasteiger partial charge in [0.15, 0.2) is 23.6 Å². The molecule has 0 aliphatic carbocycles. The van der Waals surface area contributed by atoms with Crippen LogP contribution in [0.3, 0.4) is 0 Å². The van der Waals surface area contributed by atoms with E-state index >= 15 is 0 Å². The summed E-state index contributed by atoms with van der Waals surface area (Å²) in [4.78, 5) is 26.9. The number of hydrogen-bond donors (Lipinski definition) is 6. The smallest absolute Gasteiger partial charge is 0.386 e. The Bertz CT molecular complexity index is 2050. The SMILES string of the molecule is Nc1nc2c(ncn2[C@@H]2O[C@@H]3COP(=O)(S)OC4C(O)[C@H](n5c(Cl)nc6cc(Cl)c(Cl)cc65)O[C@@H]4COP(=O)(S)OC3C2O)c(=O)[nH]1. The number of imidazole rings is 2. The van der Waals surface area contributed by atoms with Crippen molar-refractivity contribution in [1.82, 2.24) is 29.1 Å². The molecule has 18 nitrogen and oxygen atoms in total. The number of hydrogen-bond acceptors (Lipinski definition) is 15. The van der Waals surface area contributed by atoms with E-state index in [1.54, 1.807) is 0 Å². The van der Waals surface area contributed by atoms with Crippen molar-refractivity contribution < 1.29 is 46.9 Å². The summed E-state index contributed by atoms with van der Waals surface area (Å²) < 4.78 is 63.8. The first-order valence-electron chi connectivity index (χ1n) is 13.4. The molecule has 5 N–H and O–H groups in total. The van der Waals surface area contributed by atoms with Gasteiger partial charge in [-0.3, -0.25) is 37.0 Å². The molecular weight excluding hydrogens is 771 g/mol. The minimum Gasteiger partial charge on any atom is -0.386 e. The summed E-state index contributed by atoms with van der Waals surface area (Å²) in [6.45, 7) is -9.91. The van der Waals surface area contributed by atoms with E-state index in [-0.39, 0.29) is 32.4 Å². The van der Waals surface area contributed by atoms with Gasteiger partial charge in [-0.1, -0.05) is 47.7 Å². The van der Waals surface area contributed by atoms with E-state index in [0.29, 0.717) is 11.0 Å². The fourth-order valence-electron chi connectivity index (χ4n) is 5.55. The van der Waals surface area contributed by atoms with Crippen LogP contribution >= 0.6 is 72.9 Å².